The SMILES string of the molecule is O.O.O.O=C(O)CC(O)C(=O)O.[H-].[Na+]. The molecule has 0 aromatic carbocycles. The molecular formula is C4H13NaO8. The van der Waals surface area contributed by atoms with E-state index in [1.165, 1.54) is 0 Å². The fourth-order valence-corrected chi connectivity index (χ4v) is 0.253. The third kappa shape index (κ3) is 18.6. The average Bonchev–Trinajstić information content (AvgIpc) is 1.63. The maximum absolute atomic E-state index is 9.72. The Labute approximate surface area is 96.9 Å². The number of carboxylic acids is 2. The number of rotatable bonds is 3. The summed E-state index contributed by atoms with van der Waals surface area (Å²) in [6.45, 7) is 0. The van der Waals surface area contributed by atoms with Crippen LogP contribution in [0.2, 0.25) is 0 Å². The van der Waals surface area contributed by atoms with E-state index in [2.05, 4.69) is 0 Å². The monoisotopic (exact) mass is 212 g/mol. The van der Waals surface area contributed by atoms with Gasteiger partial charge in [-0.15, -0.1) is 0 Å². The molecule has 0 aliphatic heterocycles. The minimum Gasteiger partial charge on any atom is -1.00 e. The Morgan fingerprint density at radius 1 is 1.15 bits per heavy atom. The van der Waals surface area contributed by atoms with Crippen molar-refractivity contribution in [2.45, 2.75) is 12.5 Å². The fraction of sp³-hybridized carbons (Fsp3) is 0.500. The first kappa shape index (κ1) is 29.3. The molecule has 9 N–H and O–H groups in total. The second-order valence-electron chi connectivity index (χ2n) is 1.45. The normalized spacial score (nSPS) is 8.69. The Morgan fingerprint density at radius 3 is 1.54 bits per heavy atom. The molecule has 0 aromatic heterocycles. The summed E-state index contributed by atoms with van der Waals surface area (Å²) in [5.74, 6) is -2.85. The quantitative estimate of drug-likeness (QED) is 0.391. The molecule has 9 heteroatoms. The van der Waals surface area contributed by atoms with Gasteiger partial charge in [0.1, 0.15) is 0 Å². The van der Waals surface area contributed by atoms with E-state index in [9.17, 15) is 9.59 Å². The van der Waals surface area contributed by atoms with Crippen molar-refractivity contribution < 1.29 is 72.3 Å². The molecule has 78 valence electrons. The second kappa shape index (κ2) is 14.3. The summed E-state index contributed by atoms with van der Waals surface area (Å²) >= 11 is 0. The molecule has 0 aliphatic rings. The number of aliphatic carboxylic acids is 2. The van der Waals surface area contributed by atoms with E-state index >= 15 is 0 Å². The van der Waals surface area contributed by atoms with Gasteiger partial charge in [0.05, 0.1) is 6.42 Å². The Hall–Kier alpha value is -0.220. The Balaban J connectivity index is -0.0000000320. The zero-order valence-electron chi connectivity index (χ0n) is 7.94. The van der Waals surface area contributed by atoms with Crippen molar-refractivity contribution in [1.29, 1.82) is 0 Å². The van der Waals surface area contributed by atoms with Crippen molar-refractivity contribution >= 4 is 11.9 Å². The third-order valence-electron chi connectivity index (χ3n) is 0.653. The van der Waals surface area contributed by atoms with Gasteiger partial charge in [0.15, 0.2) is 6.10 Å². The van der Waals surface area contributed by atoms with Crippen LogP contribution in [0.25, 0.3) is 0 Å². The molecule has 0 aliphatic carbocycles. The molecule has 0 rings (SSSR count). The summed E-state index contributed by atoms with van der Waals surface area (Å²) in [6, 6.07) is 0. The number of carboxylic acid groups (broad SMARTS) is 2. The molecule has 0 aromatic rings. The van der Waals surface area contributed by atoms with Crippen molar-refractivity contribution in [2.24, 2.45) is 0 Å². The van der Waals surface area contributed by atoms with Crippen LogP contribution in [0.3, 0.4) is 0 Å². The van der Waals surface area contributed by atoms with Gasteiger partial charge >= 0.3 is 41.5 Å². The van der Waals surface area contributed by atoms with Gasteiger partial charge < -0.3 is 33.2 Å². The molecule has 0 amide bonds. The summed E-state index contributed by atoms with van der Waals surface area (Å²) in [7, 11) is 0. The van der Waals surface area contributed by atoms with Crippen LogP contribution in [-0.2, 0) is 9.59 Å². The van der Waals surface area contributed by atoms with Crippen LogP contribution < -0.4 is 29.6 Å². The molecule has 0 saturated heterocycles. The molecule has 8 nitrogen and oxygen atoms in total. The predicted octanol–water partition coefficient (Wildman–Crippen LogP) is -6.45. The molecule has 0 radical (unpaired) electrons. The van der Waals surface area contributed by atoms with Gasteiger partial charge in [-0.25, -0.2) is 4.79 Å². The average molecular weight is 212 g/mol. The van der Waals surface area contributed by atoms with Crippen LogP contribution in [0.1, 0.15) is 7.85 Å². The fourth-order valence-electron chi connectivity index (χ4n) is 0.253. The van der Waals surface area contributed by atoms with E-state index in [1.807, 2.05) is 0 Å². The van der Waals surface area contributed by atoms with E-state index in [0.29, 0.717) is 0 Å². The topological polar surface area (TPSA) is 189 Å². The molecule has 1 atom stereocenters. The van der Waals surface area contributed by atoms with Crippen LogP contribution in [0.15, 0.2) is 0 Å². The molecule has 0 bridgehead atoms. The van der Waals surface area contributed by atoms with Crippen molar-refractivity contribution in [3.05, 3.63) is 0 Å². The standard InChI is InChI=1S/C4H6O5.Na.3H2O.H/c5-2(4(8)9)1-3(6)7;;;;;/h2,5H,1H2,(H,6,7)(H,8,9);;3*1H2;/q;+1;;;;-1. The minimum absolute atomic E-state index is 0. The molecule has 0 heterocycles. The second-order valence-corrected chi connectivity index (χ2v) is 1.45. The Morgan fingerprint density at radius 2 is 1.46 bits per heavy atom. The first-order valence-electron chi connectivity index (χ1n) is 2.16. The summed E-state index contributed by atoms with van der Waals surface area (Å²) < 4.78 is 0. The minimum atomic E-state index is -1.79. The summed E-state index contributed by atoms with van der Waals surface area (Å²) in [5.41, 5.74) is 0. The molecule has 1 unspecified atom stereocenters. The Bertz CT molecular complexity index is 141. The molecule has 0 spiro atoms. The van der Waals surface area contributed by atoms with Crippen LogP contribution in [-0.4, -0.2) is 49.8 Å². The smallest absolute Gasteiger partial charge is 1.00 e. The molecule has 13 heavy (non-hydrogen) atoms. The largest absolute Gasteiger partial charge is 1.00 e. The Kier molecular flexibility index (Phi) is 32.3. The molecular weight excluding hydrogens is 199 g/mol. The zero-order valence-corrected chi connectivity index (χ0v) is 8.94. The molecule has 0 fully saturated rings. The van der Waals surface area contributed by atoms with Crippen LogP contribution in [0.5, 0.6) is 0 Å². The summed E-state index contributed by atoms with van der Waals surface area (Å²) in [5, 5.41) is 24.1. The number of hydrogen-bond acceptors (Lipinski definition) is 3. The van der Waals surface area contributed by atoms with Gasteiger partial charge in [0.25, 0.3) is 0 Å². The maximum atomic E-state index is 9.72. The first-order valence-corrected chi connectivity index (χ1v) is 2.16. The van der Waals surface area contributed by atoms with Crippen molar-refractivity contribution in [3.63, 3.8) is 0 Å². The van der Waals surface area contributed by atoms with Gasteiger partial charge in [-0.2, -0.15) is 0 Å². The van der Waals surface area contributed by atoms with E-state index in [1.54, 1.807) is 0 Å². The summed E-state index contributed by atoms with van der Waals surface area (Å²) in [6.07, 6.45) is -2.54. The van der Waals surface area contributed by atoms with Gasteiger partial charge in [-0.05, 0) is 0 Å². The van der Waals surface area contributed by atoms with Gasteiger partial charge in [-0.1, -0.05) is 0 Å². The number of carbonyl (C=O) groups is 2. The van der Waals surface area contributed by atoms with Gasteiger partial charge in [0, 0.05) is 0 Å². The van der Waals surface area contributed by atoms with Crippen molar-refractivity contribution in [2.75, 3.05) is 0 Å². The number of aliphatic hydroxyl groups is 1. The first-order chi connectivity index (χ1) is 4.04. The van der Waals surface area contributed by atoms with E-state index in [-0.39, 0.29) is 47.4 Å². The van der Waals surface area contributed by atoms with Crippen molar-refractivity contribution in [1.82, 2.24) is 0 Å². The molecule has 0 saturated carbocycles. The van der Waals surface area contributed by atoms with E-state index in [4.69, 9.17) is 15.3 Å². The number of aliphatic hydroxyl groups excluding tert-OH is 1. The van der Waals surface area contributed by atoms with E-state index < -0.39 is 24.5 Å². The zero-order chi connectivity index (χ0) is 7.44. The number of hydrogen-bond donors (Lipinski definition) is 3. The van der Waals surface area contributed by atoms with Gasteiger partial charge in [-0.3, -0.25) is 4.79 Å². The third-order valence-corrected chi connectivity index (χ3v) is 0.653. The maximum Gasteiger partial charge on any atom is 1.00 e. The van der Waals surface area contributed by atoms with Gasteiger partial charge in [0.2, 0.25) is 0 Å². The van der Waals surface area contributed by atoms with Crippen molar-refractivity contribution in [3.8, 4) is 0 Å². The van der Waals surface area contributed by atoms with Crippen LogP contribution >= 0.6 is 0 Å². The predicted molar refractivity (Wildman–Crippen MR) is 37.8 cm³/mol. The van der Waals surface area contributed by atoms with E-state index in [0.717, 1.165) is 0 Å². The van der Waals surface area contributed by atoms with Crippen LogP contribution in [0, 0.1) is 0 Å². The van der Waals surface area contributed by atoms with Crippen LogP contribution in [0.4, 0.5) is 0 Å². The summed E-state index contributed by atoms with van der Waals surface area (Å²) in [4.78, 5) is 19.4.